The quantitative estimate of drug-likeness (QED) is 0.732. The Kier molecular flexibility index (Phi) is 2.69. The van der Waals surface area contributed by atoms with Gasteiger partial charge in [-0.3, -0.25) is 4.79 Å². The lowest BCUT2D eigenvalue weighted by atomic mass is 9.96. The number of rotatable bonds is 1. The van der Waals surface area contributed by atoms with Gasteiger partial charge in [-0.25, -0.2) is 4.79 Å². The van der Waals surface area contributed by atoms with Crippen molar-refractivity contribution in [3.63, 3.8) is 0 Å². The molecule has 19 heavy (non-hydrogen) atoms. The van der Waals surface area contributed by atoms with Gasteiger partial charge in [-0.1, -0.05) is 0 Å². The third kappa shape index (κ3) is 1.98. The lowest BCUT2D eigenvalue weighted by Gasteiger charge is -2.37. The summed E-state index contributed by atoms with van der Waals surface area (Å²) in [7, 11) is 0. The lowest BCUT2D eigenvalue weighted by Crippen LogP contribution is -2.60. The molecular weight excluding hydrogens is 265 g/mol. The largest absolute Gasteiger partial charge is 0.478 e. The van der Waals surface area contributed by atoms with E-state index in [2.05, 4.69) is 10.6 Å². The minimum atomic E-state index is -4.81. The molecule has 5 nitrogen and oxygen atoms in total. The van der Waals surface area contributed by atoms with Gasteiger partial charge in [0.1, 0.15) is 0 Å². The maximum absolute atomic E-state index is 12.9. The van der Waals surface area contributed by atoms with Gasteiger partial charge in [-0.15, -0.1) is 0 Å². The standard InChI is InChI=1S/C11H9F3N2O3/c1-10(11(12,13)14)9(19)15-6-3-2-5(8(17)18)4-7(6)16-10/h2-4,16H,1H3,(H,15,19)(H,17,18). The highest BCUT2D eigenvalue weighted by Gasteiger charge is 2.58. The molecule has 1 unspecified atom stereocenters. The third-order valence-corrected chi connectivity index (χ3v) is 2.92. The van der Waals surface area contributed by atoms with Crippen molar-refractivity contribution >= 4 is 23.3 Å². The topological polar surface area (TPSA) is 78.4 Å². The highest BCUT2D eigenvalue weighted by atomic mass is 19.4. The maximum Gasteiger partial charge on any atom is 0.420 e. The van der Waals surface area contributed by atoms with E-state index in [1.165, 1.54) is 12.1 Å². The number of hydrogen-bond donors (Lipinski definition) is 3. The van der Waals surface area contributed by atoms with Crippen LogP contribution in [0.3, 0.4) is 0 Å². The highest BCUT2D eigenvalue weighted by Crippen LogP contribution is 2.40. The van der Waals surface area contributed by atoms with Crippen LogP contribution in [0.15, 0.2) is 18.2 Å². The van der Waals surface area contributed by atoms with Crippen molar-refractivity contribution in [2.45, 2.75) is 18.6 Å². The van der Waals surface area contributed by atoms with Crippen LogP contribution in [0.25, 0.3) is 0 Å². The molecule has 3 N–H and O–H groups in total. The number of aromatic carboxylic acids is 1. The molecule has 0 saturated carbocycles. The lowest BCUT2D eigenvalue weighted by molar-refractivity contribution is -0.179. The normalized spacial score (nSPS) is 22.2. The third-order valence-electron chi connectivity index (χ3n) is 2.92. The maximum atomic E-state index is 12.9. The Hall–Kier alpha value is -2.25. The fourth-order valence-electron chi connectivity index (χ4n) is 1.66. The van der Waals surface area contributed by atoms with Gasteiger partial charge in [-0.2, -0.15) is 13.2 Å². The summed E-state index contributed by atoms with van der Waals surface area (Å²) in [6.07, 6.45) is -4.81. The van der Waals surface area contributed by atoms with Gasteiger partial charge >= 0.3 is 12.1 Å². The Morgan fingerprint density at radius 3 is 2.47 bits per heavy atom. The number of benzene rings is 1. The van der Waals surface area contributed by atoms with Crippen molar-refractivity contribution in [2.24, 2.45) is 0 Å². The van der Waals surface area contributed by atoms with Crippen LogP contribution in [0.4, 0.5) is 24.5 Å². The van der Waals surface area contributed by atoms with Gasteiger partial charge in [0.2, 0.25) is 5.54 Å². The van der Waals surface area contributed by atoms with Crippen LogP contribution in [0, 0.1) is 0 Å². The van der Waals surface area contributed by atoms with E-state index in [1.807, 2.05) is 0 Å². The summed E-state index contributed by atoms with van der Waals surface area (Å²) < 4.78 is 38.7. The van der Waals surface area contributed by atoms with Crippen LogP contribution < -0.4 is 10.6 Å². The second-order valence-corrected chi connectivity index (χ2v) is 4.27. The van der Waals surface area contributed by atoms with Crippen LogP contribution >= 0.6 is 0 Å². The van der Waals surface area contributed by atoms with Crippen molar-refractivity contribution in [3.8, 4) is 0 Å². The van der Waals surface area contributed by atoms with Crippen LogP contribution in [-0.4, -0.2) is 28.7 Å². The number of hydrogen-bond acceptors (Lipinski definition) is 3. The van der Waals surface area contributed by atoms with Crippen molar-refractivity contribution in [1.82, 2.24) is 0 Å². The number of fused-ring (bicyclic) bond motifs is 1. The van der Waals surface area contributed by atoms with Crippen molar-refractivity contribution < 1.29 is 27.9 Å². The second kappa shape index (κ2) is 3.87. The molecular formula is C11H9F3N2O3. The van der Waals surface area contributed by atoms with Crippen molar-refractivity contribution in [1.29, 1.82) is 0 Å². The van der Waals surface area contributed by atoms with Crippen LogP contribution in [0.1, 0.15) is 17.3 Å². The zero-order valence-corrected chi connectivity index (χ0v) is 9.63. The summed E-state index contributed by atoms with van der Waals surface area (Å²) in [6, 6.07) is 3.47. The van der Waals surface area contributed by atoms with Gasteiger partial charge in [-0.05, 0) is 25.1 Å². The average Bonchev–Trinajstić information content (AvgIpc) is 2.28. The molecule has 0 spiro atoms. The van der Waals surface area contributed by atoms with Gasteiger partial charge in [0.05, 0.1) is 16.9 Å². The Morgan fingerprint density at radius 1 is 1.32 bits per heavy atom. The smallest absolute Gasteiger partial charge is 0.420 e. The number of alkyl halides is 3. The molecule has 0 aliphatic carbocycles. The number of carbonyl (C=O) groups is 2. The SMILES string of the molecule is CC1(C(F)(F)F)Nc2cc(C(=O)O)ccc2NC1=O. The molecule has 0 saturated heterocycles. The van der Waals surface area contributed by atoms with Crippen LogP contribution in [0.2, 0.25) is 0 Å². The highest BCUT2D eigenvalue weighted by molar-refractivity contribution is 6.07. The molecule has 1 aromatic rings. The van der Waals surface area contributed by atoms with Crippen LogP contribution in [0.5, 0.6) is 0 Å². The molecule has 1 aliphatic heterocycles. The second-order valence-electron chi connectivity index (χ2n) is 4.27. The monoisotopic (exact) mass is 274 g/mol. The Balaban J connectivity index is 2.49. The number of carboxylic acid groups (broad SMARTS) is 1. The Bertz CT molecular complexity index is 571. The van der Waals surface area contributed by atoms with E-state index in [1.54, 1.807) is 0 Å². The average molecular weight is 274 g/mol. The van der Waals surface area contributed by atoms with Gasteiger partial charge < -0.3 is 15.7 Å². The first-order valence-electron chi connectivity index (χ1n) is 5.19. The predicted molar refractivity (Wildman–Crippen MR) is 60.1 cm³/mol. The number of carboxylic acids is 1. The molecule has 102 valence electrons. The molecule has 0 radical (unpaired) electrons. The molecule has 1 atom stereocenters. The minimum absolute atomic E-state index is 0.0840. The van der Waals surface area contributed by atoms with E-state index in [-0.39, 0.29) is 16.9 Å². The minimum Gasteiger partial charge on any atom is -0.478 e. The number of nitrogens with one attached hydrogen (secondary N) is 2. The first-order valence-corrected chi connectivity index (χ1v) is 5.19. The summed E-state index contributed by atoms with van der Waals surface area (Å²) in [5.41, 5.74) is -2.94. The number of carbonyl (C=O) groups excluding carboxylic acids is 1. The first-order chi connectivity index (χ1) is 8.65. The van der Waals surface area contributed by atoms with E-state index in [4.69, 9.17) is 5.11 Å². The Labute approximate surface area is 105 Å². The van der Waals surface area contributed by atoms with Gasteiger partial charge in [0, 0.05) is 0 Å². The number of anilines is 2. The molecule has 2 rings (SSSR count). The summed E-state index contributed by atoms with van der Waals surface area (Å²) in [5.74, 6) is -2.51. The molecule has 1 heterocycles. The first kappa shape index (κ1) is 13.2. The van der Waals surface area contributed by atoms with E-state index < -0.39 is 23.6 Å². The summed E-state index contributed by atoms with van der Waals surface area (Å²) in [6.45, 7) is 0.693. The van der Waals surface area contributed by atoms with Crippen molar-refractivity contribution in [3.05, 3.63) is 23.8 Å². The molecule has 0 aromatic heterocycles. The van der Waals surface area contributed by atoms with Crippen molar-refractivity contribution in [2.75, 3.05) is 10.6 Å². The summed E-state index contributed by atoms with van der Waals surface area (Å²) in [4.78, 5) is 22.3. The summed E-state index contributed by atoms with van der Waals surface area (Å²) >= 11 is 0. The van der Waals surface area contributed by atoms with Gasteiger partial charge in [0.15, 0.2) is 0 Å². The zero-order chi connectivity index (χ0) is 14.4. The fourth-order valence-corrected chi connectivity index (χ4v) is 1.66. The molecule has 0 fully saturated rings. The zero-order valence-electron chi connectivity index (χ0n) is 9.63. The fraction of sp³-hybridized carbons (Fsp3) is 0.273. The molecule has 1 aromatic carbocycles. The van der Waals surface area contributed by atoms with Gasteiger partial charge in [0.25, 0.3) is 5.91 Å². The van der Waals surface area contributed by atoms with E-state index in [0.29, 0.717) is 6.92 Å². The number of amides is 1. The Morgan fingerprint density at radius 2 is 1.95 bits per heavy atom. The molecule has 0 bridgehead atoms. The summed E-state index contributed by atoms with van der Waals surface area (Å²) in [5, 5.41) is 13.0. The van der Waals surface area contributed by atoms with E-state index in [0.717, 1.165) is 6.07 Å². The van der Waals surface area contributed by atoms with E-state index >= 15 is 0 Å². The predicted octanol–water partition coefficient (Wildman–Crippen LogP) is 2.07. The molecule has 1 aliphatic rings. The molecule has 1 amide bonds. The molecule has 8 heteroatoms. The van der Waals surface area contributed by atoms with E-state index in [9.17, 15) is 22.8 Å². The van der Waals surface area contributed by atoms with Crippen LogP contribution in [-0.2, 0) is 4.79 Å². The number of halogens is 3.